The van der Waals surface area contributed by atoms with E-state index in [4.69, 9.17) is 5.73 Å². The van der Waals surface area contributed by atoms with E-state index in [0.29, 0.717) is 0 Å². The smallest absolute Gasteiger partial charge is 0.123 e. The van der Waals surface area contributed by atoms with Gasteiger partial charge in [-0.15, -0.1) is 0 Å². The first kappa shape index (κ1) is 8.92. The fourth-order valence-corrected chi connectivity index (χ4v) is 2.62. The van der Waals surface area contributed by atoms with Gasteiger partial charge in [0.15, 0.2) is 0 Å². The highest BCUT2D eigenvalue weighted by Crippen LogP contribution is 2.32. The maximum Gasteiger partial charge on any atom is 0.123 e. The fourth-order valence-electron chi connectivity index (χ4n) is 2.62. The van der Waals surface area contributed by atoms with Crippen molar-refractivity contribution in [2.45, 2.75) is 18.9 Å². The van der Waals surface area contributed by atoms with E-state index in [0.717, 1.165) is 23.7 Å². The van der Waals surface area contributed by atoms with E-state index >= 15 is 0 Å². The molecule has 2 nitrogen and oxygen atoms in total. The van der Waals surface area contributed by atoms with Crippen LogP contribution in [0.4, 0.5) is 4.39 Å². The van der Waals surface area contributed by atoms with Gasteiger partial charge in [0.1, 0.15) is 5.82 Å². The van der Waals surface area contributed by atoms with Gasteiger partial charge in [-0.05, 0) is 30.2 Å². The maximum atomic E-state index is 13.2. The van der Waals surface area contributed by atoms with E-state index in [9.17, 15) is 4.39 Å². The largest absolute Gasteiger partial charge is 0.347 e. The lowest BCUT2D eigenvalue weighted by Gasteiger charge is -2.04. The van der Waals surface area contributed by atoms with Crippen LogP contribution < -0.4 is 5.73 Å². The number of nitrogens with two attached hydrogens (primary N) is 1. The van der Waals surface area contributed by atoms with Gasteiger partial charge in [0.05, 0.1) is 0 Å². The van der Waals surface area contributed by atoms with Crippen molar-refractivity contribution in [1.29, 1.82) is 0 Å². The molecule has 1 atom stereocenters. The van der Waals surface area contributed by atoms with E-state index in [2.05, 4.69) is 4.57 Å². The molecule has 3 heteroatoms. The summed E-state index contributed by atoms with van der Waals surface area (Å²) >= 11 is 0. The van der Waals surface area contributed by atoms with Crippen molar-refractivity contribution in [3.8, 4) is 0 Å². The second kappa shape index (κ2) is 2.83. The third-order valence-electron chi connectivity index (χ3n) is 3.32. The van der Waals surface area contributed by atoms with Crippen molar-refractivity contribution in [3.05, 3.63) is 35.3 Å². The van der Waals surface area contributed by atoms with Crippen molar-refractivity contribution in [1.82, 2.24) is 4.57 Å². The molecule has 2 N–H and O–H groups in total. The van der Waals surface area contributed by atoms with Crippen LogP contribution in [0.3, 0.4) is 0 Å². The van der Waals surface area contributed by atoms with Gasteiger partial charge in [-0.3, -0.25) is 0 Å². The number of nitrogens with zero attached hydrogens (tertiary/aromatic N) is 1. The van der Waals surface area contributed by atoms with E-state index in [1.165, 1.54) is 17.3 Å². The molecule has 0 saturated carbocycles. The normalized spacial score (nSPS) is 19.8. The van der Waals surface area contributed by atoms with Gasteiger partial charge in [0, 0.05) is 36.1 Å². The summed E-state index contributed by atoms with van der Waals surface area (Å²) in [7, 11) is 2.02. The van der Waals surface area contributed by atoms with Crippen molar-refractivity contribution >= 4 is 10.9 Å². The maximum absolute atomic E-state index is 13.2. The molecule has 0 spiro atoms. The van der Waals surface area contributed by atoms with Crippen LogP contribution in [-0.4, -0.2) is 10.6 Å². The third kappa shape index (κ3) is 1.13. The summed E-state index contributed by atoms with van der Waals surface area (Å²) < 4.78 is 15.3. The summed E-state index contributed by atoms with van der Waals surface area (Å²) in [6.07, 6.45) is 1.78. The summed E-state index contributed by atoms with van der Waals surface area (Å²) in [5.41, 5.74) is 9.53. The Balaban J connectivity index is 2.37. The van der Waals surface area contributed by atoms with Gasteiger partial charge in [-0.2, -0.15) is 0 Å². The molecule has 1 aliphatic carbocycles. The second-order valence-corrected chi connectivity index (χ2v) is 4.31. The van der Waals surface area contributed by atoms with Gasteiger partial charge in [0.2, 0.25) is 0 Å². The van der Waals surface area contributed by atoms with Crippen LogP contribution in [0.15, 0.2) is 18.2 Å². The van der Waals surface area contributed by atoms with Gasteiger partial charge in [-0.25, -0.2) is 4.39 Å². The minimum absolute atomic E-state index is 0.170. The first-order chi connectivity index (χ1) is 7.16. The molecule has 0 bridgehead atoms. The van der Waals surface area contributed by atoms with E-state index in [1.807, 2.05) is 13.1 Å². The van der Waals surface area contributed by atoms with Crippen LogP contribution in [0.25, 0.3) is 10.9 Å². The quantitative estimate of drug-likeness (QED) is 0.696. The Morgan fingerprint density at radius 2 is 2.20 bits per heavy atom. The van der Waals surface area contributed by atoms with Crippen LogP contribution >= 0.6 is 0 Å². The van der Waals surface area contributed by atoms with Gasteiger partial charge in [-0.1, -0.05) is 0 Å². The van der Waals surface area contributed by atoms with Crippen LogP contribution in [0.2, 0.25) is 0 Å². The second-order valence-electron chi connectivity index (χ2n) is 4.31. The molecular weight excluding hydrogens is 191 g/mol. The highest BCUT2D eigenvalue weighted by molar-refractivity contribution is 5.86. The highest BCUT2D eigenvalue weighted by Gasteiger charge is 2.24. The zero-order chi connectivity index (χ0) is 10.6. The summed E-state index contributed by atoms with van der Waals surface area (Å²) in [4.78, 5) is 0. The van der Waals surface area contributed by atoms with Crippen LogP contribution in [0.5, 0.6) is 0 Å². The Bertz CT molecular complexity index is 542. The standard InChI is InChI=1S/C12H13FN2/c1-15-11-3-2-7(13)4-9(11)10-5-8(14)6-12(10)15/h2-4,8H,5-6,14H2,1H3. The molecule has 0 aliphatic heterocycles. The van der Waals surface area contributed by atoms with Crippen molar-refractivity contribution < 1.29 is 4.39 Å². The molecule has 3 rings (SSSR count). The first-order valence-corrected chi connectivity index (χ1v) is 5.18. The minimum atomic E-state index is -0.170. The van der Waals surface area contributed by atoms with Gasteiger partial charge in [0.25, 0.3) is 0 Å². The molecule has 1 unspecified atom stereocenters. The molecule has 0 amide bonds. The number of aromatic nitrogens is 1. The molecule has 1 aromatic carbocycles. The number of halogens is 1. The molecular formula is C12H13FN2. The zero-order valence-corrected chi connectivity index (χ0v) is 8.63. The topological polar surface area (TPSA) is 30.9 Å². The van der Waals surface area contributed by atoms with Crippen molar-refractivity contribution in [2.75, 3.05) is 0 Å². The molecule has 0 fully saturated rings. The third-order valence-corrected chi connectivity index (χ3v) is 3.32. The number of fused-ring (bicyclic) bond motifs is 3. The van der Waals surface area contributed by atoms with Crippen molar-refractivity contribution in [2.24, 2.45) is 12.8 Å². The molecule has 78 valence electrons. The highest BCUT2D eigenvalue weighted by atomic mass is 19.1. The summed E-state index contributed by atoms with van der Waals surface area (Å²) in [5.74, 6) is -0.170. The van der Waals surface area contributed by atoms with E-state index < -0.39 is 0 Å². The van der Waals surface area contributed by atoms with Crippen molar-refractivity contribution in [3.63, 3.8) is 0 Å². The Morgan fingerprint density at radius 3 is 3.00 bits per heavy atom. The van der Waals surface area contributed by atoms with E-state index in [-0.39, 0.29) is 11.9 Å². The minimum Gasteiger partial charge on any atom is -0.347 e. The summed E-state index contributed by atoms with van der Waals surface area (Å²) in [6.45, 7) is 0. The molecule has 1 heterocycles. The fraction of sp³-hybridized carbons (Fsp3) is 0.333. The Morgan fingerprint density at radius 1 is 1.40 bits per heavy atom. The molecule has 0 radical (unpaired) electrons. The zero-order valence-electron chi connectivity index (χ0n) is 8.63. The average molecular weight is 204 g/mol. The van der Waals surface area contributed by atoms with Crippen LogP contribution in [0.1, 0.15) is 11.3 Å². The lowest BCUT2D eigenvalue weighted by molar-refractivity contribution is 0.629. The van der Waals surface area contributed by atoms with Gasteiger partial charge >= 0.3 is 0 Å². The first-order valence-electron chi connectivity index (χ1n) is 5.18. The number of hydrogen-bond donors (Lipinski definition) is 1. The van der Waals surface area contributed by atoms with Crippen LogP contribution in [0, 0.1) is 5.82 Å². The average Bonchev–Trinajstić information content (AvgIpc) is 2.67. The Hall–Kier alpha value is -1.35. The Labute approximate surface area is 87.5 Å². The number of benzene rings is 1. The molecule has 2 aromatic rings. The monoisotopic (exact) mass is 204 g/mol. The predicted octanol–water partition coefficient (Wildman–Crippen LogP) is 1.74. The van der Waals surface area contributed by atoms with Crippen LogP contribution in [-0.2, 0) is 19.9 Å². The lowest BCUT2D eigenvalue weighted by Crippen LogP contribution is -2.20. The predicted molar refractivity (Wildman–Crippen MR) is 58.3 cm³/mol. The summed E-state index contributed by atoms with van der Waals surface area (Å²) in [5, 5.41) is 1.03. The van der Waals surface area contributed by atoms with Gasteiger partial charge < -0.3 is 10.3 Å². The lowest BCUT2D eigenvalue weighted by atomic mass is 10.1. The number of hydrogen-bond acceptors (Lipinski definition) is 1. The number of aryl methyl sites for hydroxylation is 1. The molecule has 0 saturated heterocycles. The van der Waals surface area contributed by atoms with E-state index in [1.54, 1.807) is 6.07 Å². The number of rotatable bonds is 0. The molecule has 1 aromatic heterocycles. The SMILES string of the molecule is Cn1c2c(c3cc(F)ccc31)CC(N)C2. The summed E-state index contributed by atoms with van der Waals surface area (Å²) in [6, 6.07) is 5.17. The molecule has 1 aliphatic rings. The Kier molecular flexibility index (Phi) is 1.68. The molecule has 15 heavy (non-hydrogen) atoms.